The van der Waals surface area contributed by atoms with Crippen LogP contribution in [0, 0.1) is 0 Å². The molecule has 1 aromatic heterocycles. The van der Waals surface area contributed by atoms with Gasteiger partial charge in [-0.15, -0.1) is 0 Å². The third-order valence-corrected chi connectivity index (χ3v) is 0.812. The summed E-state index contributed by atoms with van der Waals surface area (Å²) in [6.45, 7) is 0. The van der Waals surface area contributed by atoms with Crippen LogP contribution in [0.15, 0.2) is 23.7 Å². The first-order valence-corrected chi connectivity index (χ1v) is 2.43. The van der Waals surface area contributed by atoms with E-state index in [2.05, 4.69) is 15.1 Å². The van der Waals surface area contributed by atoms with E-state index in [1.807, 2.05) is 0 Å². The molecule has 0 aliphatic carbocycles. The van der Waals surface area contributed by atoms with Crippen LogP contribution >= 0.6 is 0 Å². The van der Waals surface area contributed by atoms with Gasteiger partial charge in [-0.25, -0.2) is 9.97 Å². The first-order valence-electron chi connectivity index (χ1n) is 2.43. The predicted molar refractivity (Wildman–Crippen MR) is 33.8 cm³/mol. The molecule has 4 nitrogen and oxygen atoms in total. The van der Waals surface area contributed by atoms with Crippen molar-refractivity contribution in [2.45, 2.75) is 0 Å². The molecular weight excluding hydrogens is 116 g/mol. The SMILES string of the molecule is NN=Cc1ccncn1. The zero-order valence-corrected chi connectivity index (χ0v) is 4.73. The summed E-state index contributed by atoms with van der Waals surface area (Å²) in [4.78, 5) is 7.54. The molecule has 0 radical (unpaired) electrons. The lowest BCUT2D eigenvalue weighted by Crippen LogP contribution is -1.89. The van der Waals surface area contributed by atoms with Crippen molar-refractivity contribution in [2.24, 2.45) is 10.9 Å². The normalized spacial score (nSPS) is 10.2. The highest BCUT2D eigenvalue weighted by Gasteiger charge is 1.81. The van der Waals surface area contributed by atoms with Crippen molar-refractivity contribution in [1.82, 2.24) is 9.97 Å². The summed E-state index contributed by atoms with van der Waals surface area (Å²) in [7, 11) is 0. The van der Waals surface area contributed by atoms with E-state index in [0.717, 1.165) is 0 Å². The van der Waals surface area contributed by atoms with Crippen molar-refractivity contribution >= 4 is 6.21 Å². The molecule has 0 fully saturated rings. The molecule has 0 spiro atoms. The quantitative estimate of drug-likeness (QED) is 0.318. The van der Waals surface area contributed by atoms with E-state index in [-0.39, 0.29) is 0 Å². The molecule has 0 aliphatic rings. The maximum atomic E-state index is 4.87. The minimum atomic E-state index is 0.715. The third-order valence-electron chi connectivity index (χ3n) is 0.812. The molecule has 0 amide bonds. The summed E-state index contributed by atoms with van der Waals surface area (Å²) in [6, 6.07) is 1.72. The van der Waals surface area contributed by atoms with Crippen molar-refractivity contribution in [3.05, 3.63) is 24.3 Å². The molecule has 0 atom stereocenters. The highest BCUT2D eigenvalue weighted by atomic mass is 15.1. The Morgan fingerprint density at radius 1 is 1.67 bits per heavy atom. The van der Waals surface area contributed by atoms with Crippen LogP contribution in [0.1, 0.15) is 5.69 Å². The van der Waals surface area contributed by atoms with E-state index in [1.54, 1.807) is 12.3 Å². The fourth-order valence-electron chi connectivity index (χ4n) is 0.454. The molecular formula is C5H6N4. The predicted octanol–water partition coefficient (Wildman–Crippen LogP) is -0.231. The molecule has 0 saturated heterocycles. The standard InChI is InChI=1S/C5H6N4/c6-9-3-5-1-2-7-4-8-5/h1-4H,6H2. The maximum Gasteiger partial charge on any atom is 0.116 e. The van der Waals surface area contributed by atoms with Crippen molar-refractivity contribution < 1.29 is 0 Å². The van der Waals surface area contributed by atoms with Crippen LogP contribution in [-0.4, -0.2) is 16.2 Å². The van der Waals surface area contributed by atoms with Crippen molar-refractivity contribution in [3.63, 3.8) is 0 Å². The smallest absolute Gasteiger partial charge is 0.116 e. The second kappa shape index (κ2) is 2.76. The number of rotatable bonds is 1. The number of aromatic nitrogens is 2. The largest absolute Gasteiger partial charge is 0.323 e. The number of hydrogen-bond donors (Lipinski definition) is 1. The Morgan fingerprint density at radius 3 is 3.11 bits per heavy atom. The fraction of sp³-hybridized carbons (Fsp3) is 0. The zero-order chi connectivity index (χ0) is 6.53. The summed E-state index contributed by atoms with van der Waals surface area (Å²) in [6.07, 6.45) is 4.53. The van der Waals surface area contributed by atoms with Crippen LogP contribution in [0.25, 0.3) is 0 Å². The van der Waals surface area contributed by atoms with Crippen LogP contribution in [0.2, 0.25) is 0 Å². The van der Waals surface area contributed by atoms with Gasteiger partial charge in [0.25, 0.3) is 0 Å². The molecule has 1 aromatic rings. The minimum Gasteiger partial charge on any atom is -0.323 e. The highest BCUT2D eigenvalue weighted by Crippen LogP contribution is 1.82. The molecule has 0 saturated carbocycles. The van der Waals surface area contributed by atoms with Crippen LogP contribution in [0.5, 0.6) is 0 Å². The second-order valence-corrected chi connectivity index (χ2v) is 1.41. The van der Waals surface area contributed by atoms with Crippen LogP contribution in [0.4, 0.5) is 0 Å². The van der Waals surface area contributed by atoms with Gasteiger partial charge in [0.05, 0.1) is 11.9 Å². The van der Waals surface area contributed by atoms with E-state index in [4.69, 9.17) is 5.84 Å². The fourth-order valence-corrected chi connectivity index (χ4v) is 0.454. The molecule has 0 bridgehead atoms. The van der Waals surface area contributed by atoms with E-state index in [1.165, 1.54) is 12.5 Å². The van der Waals surface area contributed by atoms with Crippen molar-refractivity contribution in [3.8, 4) is 0 Å². The van der Waals surface area contributed by atoms with Gasteiger partial charge in [-0.2, -0.15) is 5.10 Å². The van der Waals surface area contributed by atoms with E-state index >= 15 is 0 Å². The van der Waals surface area contributed by atoms with Crippen molar-refractivity contribution in [2.75, 3.05) is 0 Å². The topological polar surface area (TPSA) is 64.2 Å². The van der Waals surface area contributed by atoms with Gasteiger partial charge in [0.2, 0.25) is 0 Å². The molecule has 9 heavy (non-hydrogen) atoms. The Kier molecular flexibility index (Phi) is 1.74. The summed E-state index contributed by atoms with van der Waals surface area (Å²) in [5.74, 6) is 4.87. The lowest BCUT2D eigenvalue weighted by molar-refractivity contribution is 1.15. The van der Waals surface area contributed by atoms with Gasteiger partial charge in [0.1, 0.15) is 6.33 Å². The summed E-state index contributed by atoms with van der Waals surface area (Å²) < 4.78 is 0. The monoisotopic (exact) mass is 122 g/mol. The first-order chi connectivity index (χ1) is 4.43. The second-order valence-electron chi connectivity index (χ2n) is 1.41. The third kappa shape index (κ3) is 1.49. The van der Waals surface area contributed by atoms with Gasteiger partial charge < -0.3 is 5.84 Å². The van der Waals surface area contributed by atoms with E-state index < -0.39 is 0 Å². The minimum absolute atomic E-state index is 0.715. The Labute approximate surface area is 52.4 Å². The number of hydrazone groups is 1. The summed E-state index contributed by atoms with van der Waals surface area (Å²) in [5, 5.41) is 3.29. The van der Waals surface area contributed by atoms with Gasteiger partial charge in [-0.1, -0.05) is 0 Å². The Balaban J connectivity index is 2.85. The van der Waals surface area contributed by atoms with Crippen LogP contribution in [-0.2, 0) is 0 Å². The number of hydrogen-bond acceptors (Lipinski definition) is 4. The lowest BCUT2D eigenvalue weighted by atomic mass is 10.4. The molecule has 1 rings (SSSR count). The molecule has 1 heterocycles. The van der Waals surface area contributed by atoms with Crippen molar-refractivity contribution in [1.29, 1.82) is 0 Å². The first kappa shape index (κ1) is 5.68. The molecule has 2 N–H and O–H groups in total. The summed E-state index contributed by atoms with van der Waals surface area (Å²) >= 11 is 0. The Hall–Kier alpha value is -1.45. The molecule has 0 aromatic carbocycles. The molecule has 46 valence electrons. The molecule has 0 unspecified atom stereocenters. The summed E-state index contributed by atoms with van der Waals surface area (Å²) in [5.41, 5.74) is 0.715. The Morgan fingerprint density at radius 2 is 2.56 bits per heavy atom. The average Bonchev–Trinajstić information content (AvgIpc) is 1.91. The van der Waals surface area contributed by atoms with Gasteiger partial charge in [-0.3, -0.25) is 0 Å². The zero-order valence-electron chi connectivity index (χ0n) is 4.73. The molecule has 0 aliphatic heterocycles. The van der Waals surface area contributed by atoms with E-state index in [9.17, 15) is 0 Å². The van der Waals surface area contributed by atoms with Gasteiger partial charge in [0, 0.05) is 6.20 Å². The van der Waals surface area contributed by atoms with E-state index in [0.29, 0.717) is 5.69 Å². The van der Waals surface area contributed by atoms with Gasteiger partial charge in [0.15, 0.2) is 0 Å². The highest BCUT2D eigenvalue weighted by molar-refractivity contribution is 5.76. The van der Waals surface area contributed by atoms with Gasteiger partial charge in [-0.05, 0) is 6.07 Å². The lowest BCUT2D eigenvalue weighted by Gasteiger charge is -1.84. The number of nitrogens with zero attached hydrogens (tertiary/aromatic N) is 3. The average molecular weight is 122 g/mol. The molecule has 4 heteroatoms. The number of nitrogens with two attached hydrogens (primary N) is 1. The van der Waals surface area contributed by atoms with Crippen LogP contribution < -0.4 is 5.84 Å². The van der Waals surface area contributed by atoms with Crippen LogP contribution in [0.3, 0.4) is 0 Å². The van der Waals surface area contributed by atoms with Gasteiger partial charge >= 0.3 is 0 Å². The Bertz CT molecular complexity index is 193. The maximum absolute atomic E-state index is 4.87.